The molecule has 0 aliphatic heterocycles. The van der Waals surface area contributed by atoms with Crippen molar-refractivity contribution in [3.63, 3.8) is 0 Å². The van der Waals surface area contributed by atoms with Gasteiger partial charge in [0.15, 0.2) is 0 Å². The Kier molecular flexibility index (Phi) is 7.03. The first kappa shape index (κ1) is 17.8. The molecule has 21 heavy (non-hydrogen) atoms. The van der Waals surface area contributed by atoms with Gasteiger partial charge in [-0.15, -0.1) is 0 Å². The summed E-state index contributed by atoms with van der Waals surface area (Å²) in [5, 5.41) is 10.6. The number of methoxy groups -OCH3 is 1. The van der Waals surface area contributed by atoms with E-state index in [1.807, 2.05) is 0 Å². The van der Waals surface area contributed by atoms with E-state index < -0.39 is 14.9 Å². The van der Waals surface area contributed by atoms with Gasteiger partial charge in [0.1, 0.15) is 4.90 Å². The minimum absolute atomic E-state index is 0.0486. The summed E-state index contributed by atoms with van der Waals surface area (Å²) in [5.41, 5.74) is -0.320. The molecule has 0 spiro atoms. The van der Waals surface area contributed by atoms with Crippen LogP contribution in [-0.4, -0.2) is 33.6 Å². The molecule has 0 amide bonds. The van der Waals surface area contributed by atoms with Gasteiger partial charge in [0.2, 0.25) is 10.0 Å². The van der Waals surface area contributed by atoms with Crippen LogP contribution in [0.4, 0.5) is 5.69 Å². The minimum atomic E-state index is -3.86. The number of nitrogens with one attached hydrogen (secondary N) is 1. The van der Waals surface area contributed by atoms with Crippen molar-refractivity contribution in [3.05, 3.63) is 33.3 Å². The number of rotatable bonds is 9. The van der Waals surface area contributed by atoms with E-state index >= 15 is 0 Å². The number of unbranched alkanes of at least 4 members (excludes halogenated alkanes) is 2. The molecule has 0 saturated heterocycles. The molecule has 0 aliphatic rings. The molecule has 0 fully saturated rings. The Labute approximate surface area is 128 Å². The van der Waals surface area contributed by atoms with Gasteiger partial charge in [0, 0.05) is 32.4 Å². The fourth-order valence-corrected chi connectivity index (χ4v) is 3.24. The van der Waals surface area contributed by atoms with Crippen LogP contribution >= 0.6 is 11.6 Å². The van der Waals surface area contributed by atoms with Crippen LogP contribution in [0.1, 0.15) is 19.3 Å². The van der Waals surface area contributed by atoms with E-state index in [4.69, 9.17) is 16.3 Å². The Hall–Kier alpha value is -1.22. The number of benzene rings is 1. The molecule has 0 saturated carbocycles. The number of nitro groups is 1. The molecule has 0 aliphatic carbocycles. The van der Waals surface area contributed by atoms with Crippen LogP contribution < -0.4 is 4.72 Å². The molecule has 1 aromatic carbocycles. The first-order valence-electron chi connectivity index (χ1n) is 6.31. The molecule has 9 heteroatoms. The van der Waals surface area contributed by atoms with Crippen molar-refractivity contribution >= 4 is 27.3 Å². The Morgan fingerprint density at radius 2 is 2.05 bits per heavy atom. The number of non-ortho nitro benzene ring substituents is 1. The minimum Gasteiger partial charge on any atom is -0.385 e. The molecule has 0 aromatic heterocycles. The molecule has 0 bridgehead atoms. The number of nitro benzene ring substituents is 1. The average molecular weight is 337 g/mol. The number of halogens is 1. The molecule has 1 rings (SSSR count). The fraction of sp³-hybridized carbons (Fsp3) is 0.500. The maximum Gasteiger partial charge on any atom is 0.270 e. The van der Waals surface area contributed by atoms with Gasteiger partial charge in [0.05, 0.1) is 9.95 Å². The summed E-state index contributed by atoms with van der Waals surface area (Å²) >= 11 is 5.81. The maximum absolute atomic E-state index is 12.1. The molecule has 0 atom stereocenters. The zero-order valence-corrected chi connectivity index (χ0v) is 13.1. The number of ether oxygens (including phenoxy) is 1. The van der Waals surface area contributed by atoms with Gasteiger partial charge < -0.3 is 4.74 Å². The largest absolute Gasteiger partial charge is 0.385 e. The first-order valence-corrected chi connectivity index (χ1v) is 8.17. The SMILES string of the molecule is COCCCCCNS(=O)(=O)c1cc([N+](=O)[O-])ccc1Cl. The van der Waals surface area contributed by atoms with Gasteiger partial charge in [-0.25, -0.2) is 13.1 Å². The quantitative estimate of drug-likeness (QED) is 0.424. The van der Waals surface area contributed by atoms with Crippen LogP contribution in [0.15, 0.2) is 23.1 Å². The zero-order valence-electron chi connectivity index (χ0n) is 11.5. The zero-order chi connectivity index (χ0) is 15.9. The number of sulfonamides is 1. The molecule has 1 N–H and O–H groups in total. The van der Waals surface area contributed by atoms with Crippen LogP contribution in [0, 0.1) is 10.1 Å². The second-order valence-electron chi connectivity index (χ2n) is 4.32. The average Bonchev–Trinajstić information content (AvgIpc) is 2.42. The Balaban J connectivity index is 2.70. The predicted molar refractivity (Wildman–Crippen MR) is 79.0 cm³/mol. The van der Waals surface area contributed by atoms with Crippen molar-refractivity contribution in [1.82, 2.24) is 4.72 Å². The van der Waals surface area contributed by atoms with Gasteiger partial charge in [0.25, 0.3) is 5.69 Å². The van der Waals surface area contributed by atoms with Gasteiger partial charge in [-0.2, -0.15) is 0 Å². The van der Waals surface area contributed by atoms with Crippen molar-refractivity contribution in [2.24, 2.45) is 0 Å². The normalized spacial score (nSPS) is 11.5. The van der Waals surface area contributed by atoms with Gasteiger partial charge >= 0.3 is 0 Å². The van der Waals surface area contributed by atoms with Crippen molar-refractivity contribution in [2.45, 2.75) is 24.2 Å². The smallest absolute Gasteiger partial charge is 0.270 e. The summed E-state index contributed by atoms with van der Waals surface area (Å²) in [6.45, 7) is 0.870. The highest BCUT2D eigenvalue weighted by molar-refractivity contribution is 7.89. The van der Waals surface area contributed by atoms with E-state index in [0.717, 1.165) is 25.0 Å². The lowest BCUT2D eigenvalue weighted by Gasteiger charge is -2.08. The number of hydrogen-bond donors (Lipinski definition) is 1. The van der Waals surface area contributed by atoms with Gasteiger partial charge in [-0.05, 0) is 25.3 Å². The number of nitrogens with zero attached hydrogens (tertiary/aromatic N) is 1. The second kappa shape index (κ2) is 8.28. The molecule has 0 heterocycles. The van der Waals surface area contributed by atoms with Crippen LogP contribution in [-0.2, 0) is 14.8 Å². The summed E-state index contributed by atoms with van der Waals surface area (Å²) in [7, 11) is -2.25. The van der Waals surface area contributed by atoms with Crippen LogP contribution in [0.2, 0.25) is 5.02 Å². The van der Waals surface area contributed by atoms with Crippen molar-refractivity contribution in [2.75, 3.05) is 20.3 Å². The van der Waals surface area contributed by atoms with Crippen molar-refractivity contribution < 1.29 is 18.1 Å². The lowest BCUT2D eigenvalue weighted by atomic mass is 10.2. The Morgan fingerprint density at radius 3 is 2.67 bits per heavy atom. The molecule has 0 unspecified atom stereocenters. The predicted octanol–water partition coefficient (Wildman–Crippen LogP) is 2.34. The van der Waals surface area contributed by atoms with Gasteiger partial charge in [-0.1, -0.05) is 11.6 Å². The van der Waals surface area contributed by atoms with E-state index in [1.165, 1.54) is 6.07 Å². The van der Waals surface area contributed by atoms with Crippen molar-refractivity contribution in [1.29, 1.82) is 0 Å². The Morgan fingerprint density at radius 1 is 1.33 bits per heavy atom. The number of hydrogen-bond acceptors (Lipinski definition) is 5. The topological polar surface area (TPSA) is 98.5 Å². The van der Waals surface area contributed by atoms with E-state index in [1.54, 1.807) is 7.11 Å². The van der Waals surface area contributed by atoms with Crippen LogP contribution in [0.5, 0.6) is 0 Å². The summed E-state index contributed by atoms with van der Waals surface area (Å²) in [5.74, 6) is 0. The van der Waals surface area contributed by atoms with E-state index in [-0.39, 0.29) is 22.2 Å². The molecule has 1 aromatic rings. The lowest BCUT2D eigenvalue weighted by molar-refractivity contribution is -0.385. The monoisotopic (exact) mass is 336 g/mol. The summed E-state index contributed by atoms with van der Waals surface area (Å²) < 4.78 is 31.4. The van der Waals surface area contributed by atoms with Crippen LogP contribution in [0.25, 0.3) is 0 Å². The Bertz CT molecular complexity index is 591. The van der Waals surface area contributed by atoms with E-state index in [2.05, 4.69) is 4.72 Å². The second-order valence-corrected chi connectivity index (χ2v) is 6.47. The lowest BCUT2D eigenvalue weighted by Crippen LogP contribution is -2.25. The highest BCUT2D eigenvalue weighted by Gasteiger charge is 2.20. The first-order chi connectivity index (χ1) is 9.88. The summed E-state index contributed by atoms with van der Waals surface area (Å²) in [6.07, 6.45) is 2.31. The molecular formula is C12H17ClN2O5S. The van der Waals surface area contributed by atoms with E-state index in [0.29, 0.717) is 13.0 Å². The third kappa shape index (κ3) is 5.58. The fourth-order valence-electron chi connectivity index (χ4n) is 1.64. The van der Waals surface area contributed by atoms with Gasteiger partial charge in [-0.3, -0.25) is 10.1 Å². The summed E-state index contributed by atoms with van der Waals surface area (Å²) in [4.78, 5) is 9.74. The van der Waals surface area contributed by atoms with Crippen LogP contribution in [0.3, 0.4) is 0 Å². The molecule has 118 valence electrons. The third-order valence-electron chi connectivity index (χ3n) is 2.73. The molecular weight excluding hydrogens is 320 g/mol. The highest BCUT2D eigenvalue weighted by Crippen LogP contribution is 2.25. The molecule has 0 radical (unpaired) electrons. The standard InChI is InChI=1S/C12H17ClN2O5S/c1-20-8-4-2-3-7-14-21(18,19)12-9-10(15(16)17)5-6-11(12)13/h5-6,9,14H,2-4,7-8H2,1H3. The highest BCUT2D eigenvalue weighted by atomic mass is 35.5. The van der Waals surface area contributed by atoms with E-state index in [9.17, 15) is 18.5 Å². The summed E-state index contributed by atoms with van der Waals surface area (Å²) in [6, 6.07) is 3.31. The van der Waals surface area contributed by atoms with Crippen molar-refractivity contribution in [3.8, 4) is 0 Å². The molecule has 7 nitrogen and oxygen atoms in total. The maximum atomic E-state index is 12.1. The third-order valence-corrected chi connectivity index (χ3v) is 4.68.